The van der Waals surface area contributed by atoms with Crippen molar-refractivity contribution in [2.45, 2.75) is 19.3 Å². The Morgan fingerprint density at radius 2 is 1.50 bits per heavy atom. The van der Waals surface area contributed by atoms with Crippen LogP contribution < -0.4 is 9.47 Å². The van der Waals surface area contributed by atoms with Gasteiger partial charge in [0.1, 0.15) is 11.5 Å². The van der Waals surface area contributed by atoms with Gasteiger partial charge in [0, 0.05) is 22.9 Å². The number of hydrogen-bond acceptors (Lipinski definition) is 4. The zero-order chi connectivity index (χ0) is 17.5. The lowest BCUT2D eigenvalue weighted by atomic mass is 10.2. The zero-order valence-electron chi connectivity index (χ0n) is 12.4. The molecule has 4 nitrogen and oxygen atoms in total. The first-order chi connectivity index (χ1) is 11.4. The van der Waals surface area contributed by atoms with Crippen LogP contribution in [0.2, 0.25) is 15.1 Å². The van der Waals surface area contributed by atoms with Gasteiger partial charge < -0.3 is 9.47 Å². The number of carbonyl (C=O) groups is 2. The molecule has 0 aliphatic rings. The van der Waals surface area contributed by atoms with E-state index in [4.69, 9.17) is 44.3 Å². The Kier molecular flexibility index (Phi) is 6.91. The van der Waals surface area contributed by atoms with Gasteiger partial charge in [0.2, 0.25) is 0 Å². The van der Waals surface area contributed by atoms with E-state index >= 15 is 0 Å². The van der Waals surface area contributed by atoms with Crippen molar-refractivity contribution in [2.75, 3.05) is 0 Å². The van der Waals surface area contributed by atoms with Gasteiger partial charge in [0.25, 0.3) is 0 Å². The van der Waals surface area contributed by atoms with E-state index in [0.717, 1.165) is 0 Å². The second-order valence-electron chi connectivity index (χ2n) is 4.83. The molecule has 0 saturated heterocycles. The third-order valence-electron chi connectivity index (χ3n) is 2.91. The minimum absolute atomic E-state index is 0.0591. The SMILES string of the molecule is O=C(CCCC(=O)Oc1ccc(Cl)cc1Cl)Oc1cccc(Cl)c1. The molecule has 0 spiro atoms. The lowest BCUT2D eigenvalue weighted by Crippen LogP contribution is -2.11. The topological polar surface area (TPSA) is 52.6 Å². The average molecular weight is 388 g/mol. The molecular weight excluding hydrogens is 375 g/mol. The monoisotopic (exact) mass is 386 g/mol. The van der Waals surface area contributed by atoms with Gasteiger partial charge in [0.05, 0.1) is 5.02 Å². The van der Waals surface area contributed by atoms with Crippen molar-refractivity contribution in [2.24, 2.45) is 0 Å². The lowest BCUT2D eigenvalue weighted by Gasteiger charge is -2.07. The highest BCUT2D eigenvalue weighted by Gasteiger charge is 2.11. The highest BCUT2D eigenvalue weighted by molar-refractivity contribution is 6.35. The van der Waals surface area contributed by atoms with Crippen molar-refractivity contribution in [3.63, 3.8) is 0 Å². The molecule has 0 heterocycles. The molecule has 0 fully saturated rings. The Hall–Kier alpha value is -1.75. The van der Waals surface area contributed by atoms with E-state index in [2.05, 4.69) is 0 Å². The number of hydrogen-bond donors (Lipinski definition) is 0. The van der Waals surface area contributed by atoms with E-state index in [1.54, 1.807) is 24.3 Å². The van der Waals surface area contributed by atoms with E-state index in [1.807, 2.05) is 0 Å². The predicted octanol–water partition coefficient (Wildman–Crippen LogP) is 5.33. The van der Waals surface area contributed by atoms with Crippen LogP contribution >= 0.6 is 34.8 Å². The van der Waals surface area contributed by atoms with Crippen LogP contribution in [-0.4, -0.2) is 11.9 Å². The molecule has 0 aliphatic heterocycles. The molecule has 126 valence electrons. The molecule has 0 unspecified atom stereocenters. The molecule has 0 saturated carbocycles. The number of ether oxygens (including phenoxy) is 2. The summed E-state index contributed by atoms with van der Waals surface area (Å²) in [5, 5.41) is 1.17. The van der Waals surface area contributed by atoms with Crippen LogP contribution in [-0.2, 0) is 9.59 Å². The molecule has 0 bridgehead atoms. The zero-order valence-corrected chi connectivity index (χ0v) is 14.7. The molecule has 2 aromatic rings. The Balaban J connectivity index is 1.75. The van der Waals surface area contributed by atoms with Crippen LogP contribution in [0.3, 0.4) is 0 Å². The van der Waals surface area contributed by atoms with E-state index in [9.17, 15) is 9.59 Å². The fourth-order valence-corrected chi connectivity index (χ4v) is 2.45. The molecule has 0 aromatic heterocycles. The van der Waals surface area contributed by atoms with Crippen molar-refractivity contribution in [1.82, 2.24) is 0 Å². The molecule has 24 heavy (non-hydrogen) atoms. The fraction of sp³-hybridized carbons (Fsp3) is 0.176. The molecule has 2 aromatic carbocycles. The molecule has 0 N–H and O–H groups in total. The molecular formula is C17H13Cl3O4. The smallest absolute Gasteiger partial charge is 0.311 e. The first-order valence-corrected chi connectivity index (χ1v) is 8.19. The maximum Gasteiger partial charge on any atom is 0.311 e. The van der Waals surface area contributed by atoms with Gasteiger partial charge in [-0.1, -0.05) is 40.9 Å². The summed E-state index contributed by atoms with van der Waals surface area (Å²) >= 11 is 17.5. The van der Waals surface area contributed by atoms with Crippen molar-refractivity contribution in [3.05, 3.63) is 57.5 Å². The summed E-state index contributed by atoms with van der Waals surface area (Å²) in [6.45, 7) is 0. The van der Waals surface area contributed by atoms with Gasteiger partial charge in [-0.3, -0.25) is 9.59 Å². The summed E-state index contributed by atoms with van der Waals surface area (Å²) < 4.78 is 10.2. The normalized spacial score (nSPS) is 10.3. The number of rotatable bonds is 6. The van der Waals surface area contributed by atoms with Crippen LogP contribution in [0.1, 0.15) is 19.3 Å². The summed E-state index contributed by atoms with van der Waals surface area (Å²) in [7, 11) is 0. The Morgan fingerprint density at radius 3 is 2.17 bits per heavy atom. The quantitative estimate of drug-likeness (QED) is 0.497. The van der Waals surface area contributed by atoms with Crippen LogP contribution in [0, 0.1) is 0 Å². The maximum absolute atomic E-state index is 11.8. The van der Waals surface area contributed by atoms with Crippen LogP contribution in [0.25, 0.3) is 0 Å². The van der Waals surface area contributed by atoms with E-state index in [1.165, 1.54) is 18.2 Å². The predicted molar refractivity (Wildman–Crippen MR) is 93.0 cm³/mol. The number of halogens is 3. The Bertz CT molecular complexity index is 746. The minimum Gasteiger partial charge on any atom is -0.426 e. The van der Waals surface area contributed by atoms with Gasteiger partial charge in [-0.05, 0) is 42.8 Å². The average Bonchev–Trinajstić information content (AvgIpc) is 2.50. The summed E-state index contributed by atoms with van der Waals surface area (Å²) in [4.78, 5) is 23.5. The summed E-state index contributed by atoms with van der Waals surface area (Å²) in [6, 6.07) is 11.1. The van der Waals surface area contributed by atoms with Gasteiger partial charge in [-0.2, -0.15) is 0 Å². The molecule has 0 aliphatic carbocycles. The molecule has 0 radical (unpaired) electrons. The Labute approximate surface area is 154 Å². The van der Waals surface area contributed by atoms with Crippen LogP contribution in [0.5, 0.6) is 11.5 Å². The first kappa shape index (κ1) is 18.6. The molecule has 7 heteroatoms. The van der Waals surface area contributed by atoms with Crippen molar-refractivity contribution in [3.8, 4) is 11.5 Å². The minimum atomic E-state index is -0.491. The van der Waals surface area contributed by atoms with E-state index in [0.29, 0.717) is 22.2 Å². The van der Waals surface area contributed by atoms with Gasteiger partial charge in [0.15, 0.2) is 0 Å². The van der Waals surface area contributed by atoms with Crippen LogP contribution in [0.4, 0.5) is 0 Å². The number of carbonyl (C=O) groups excluding carboxylic acids is 2. The van der Waals surface area contributed by atoms with Crippen molar-refractivity contribution < 1.29 is 19.1 Å². The number of esters is 2. The second-order valence-corrected chi connectivity index (χ2v) is 6.11. The summed E-state index contributed by atoms with van der Waals surface area (Å²) in [5.74, 6) is -0.347. The van der Waals surface area contributed by atoms with Crippen molar-refractivity contribution in [1.29, 1.82) is 0 Å². The molecule has 0 atom stereocenters. The van der Waals surface area contributed by atoms with E-state index < -0.39 is 11.9 Å². The van der Waals surface area contributed by atoms with Crippen molar-refractivity contribution >= 4 is 46.7 Å². The summed E-state index contributed by atoms with van der Waals surface area (Å²) in [5.41, 5.74) is 0. The Morgan fingerprint density at radius 1 is 0.833 bits per heavy atom. The maximum atomic E-state index is 11.8. The molecule has 2 rings (SSSR count). The summed E-state index contributed by atoms with van der Waals surface area (Å²) in [6.07, 6.45) is 0.434. The van der Waals surface area contributed by atoms with Gasteiger partial charge >= 0.3 is 11.9 Å². The fourth-order valence-electron chi connectivity index (χ4n) is 1.82. The van der Waals surface area contributed by atoms with Gasteiger partial charge in [-0.25, -0.2) is 0 Å². The molecule has 0 amide bonds. The van der Waals surface area contributed by atoms with Crippen LogP contribution in [0.15, 0.2) is 42.5 Å². The highest BCUT2D eigenvalue weighted by atomic mass is 35.5. The second kappa shape index (κ2) is 8.92. The first-order valence-electron chi connectivity index (χ1n) is 7.06. The lowest BCUT2D eigenvalue weighted by molar-refractivity contribution is -0.136. The van der Waals surface area contributed by atoms with E-state index in [-0.39, 0.29) is 23.6 Å². The standard InChI is InChI=1S/C17H13Cl3O4/c18-11-3-1-4-13(9-11)23-16(21)5-2-6-17(22)24-15-8-7-12(19)10-14(15)20/h1,3-4,7-10H,2,5-6H2. The number of benzene rings is 2. The highest BCUT2D eigenvalue weighted by Crippen LogP contribution is 2.27. The van der Waals surface area contributed by atoms with Gasteiger partial charge in [-0.15, -0.1) is 0 Å². The third-order valence-corrected chi connectivity index (χ3v) is 3.67. The largest absolute Gasteiger partial charge is 0.426 e. The third kappa shape index (κ3) is 6.04.